The smallest absolute Gasteiger partial charge is 0.137 e. The standard InChI is InChI=1S/C16H26N2O2/c1-3-9-20-15-10-13(11-17-12-15)16(19)7-5-14(6-8-16)18-4-2/h10-12,14,18-19H,3-9H2,1-2H3. The molecule has 0 unspecified atom stereocenters. The zero-order chi connectivity index (χ0) is 14.4. The molecule has 1 aromatic rings. The summed E-state index contributed by atoms with van der Waals surface area (Å²) >= 11 is 0. The number of pyridine rings is 1. The number of aromatic nitrogens is 1. The van der Waals surface area contributed by atoms with Crippen LogP contribution in [0.2, 0.25) is 0 Å². The van der Waals surface area contributed by atoms with Gasteiger partial charge in [-0.1, -0.05) is 13.8 Å². The SMILES string of the molecule is CCCOc1cncc(C2(O)CCC(NCC)CC2)c1. The van der Waals surface area contributed by atoms with Crippen LogP contribution in [0.25, 0.3) is 0 Å². The lowest BCUT2D eigenvalue weighted by atomic mass is 9.78. The van der Waals surface area contributed by atoms with Crippen molar-refractivity contribution in [2.45, 2.75) is 57.6 Å². The fraction of sp³-hybridized carbons (Fsp3) is 0.688. The Kier molecular flexibility index (Phi) is 5.38. The monoisotopic (exact) mass is 278 g/mol. The Hall–Kier alpha value is -1.13. The molecule has 0 atom stereocenters. The molecule has 0 radical (unpaired) electrons. The summed E-state index contributed by atoms with van der Waals surface area (Å²) in [6, 6.07) is 2.48. The maximum absolute atomic E-state index is 10.9. The van der Waals surface area contributed by atoms with Crippen molar-refractivity contribution in [2.24, 2.45) is 0 Å². The normalized spacial score (nSPS) is 26.4. The van der Waals surface area contributed by atoms with E-state index in [0.717, 1.165) is 50.0 Å². The first-order chi connectivity index (χ1) is 9.68. The molecule has 0 spiro atoms. The lowest BCUT2D eigenvalue weighted by Gasteiger charge is -2.36. The number of ether oxygens (including phenoxy) is 1. The van der Waals surface area contributed by atoms with Crippen molar-refractivity contribution in [2.75, 3.05) is 13.2 Å². The zero-order valence-corrected chi connectivity index (χ0v) is 12.6. The Morgan fingerprint density at radius 2 is 2.10 bits per heavy atom. The van der Waals surface area contributed by atoms with Crippen molar-refractivity contribution in [1.82, 2.24) is 10.3 Å². The van der Waals surface area contributed by atoms with Crippen LogP contribution < -0.4 is 10.1 Å². The van der Waals surface area contributed by atoms with Crippen LogP contribution in [-0.4, -0.2) is 29.3 Å². The van der Waals surface area contributed by atoms with Gasteiger partial charge in [0.1, 0.15) is 5.75 Å². The highest BCUT2D eigenvalue weighted by Gasteiger charge is 2.35. The van der Waals surface area contributed by atoms with Gasteiger partial charge in [0.2, 0.25) is 0 Å². The van der Waals surface area contributed by atoms with E-state index in [2.05, 4.69) is 24.1 Å². The van der Waals surface area contributed by atoms with Gasteiger partial charge in [0.15, 0.2) is 0 Å². The van der Waals surface area contributed by atoms with Gasteiger partial charge in [-0.2, -0.15) is 0 Å². The van der Waals surface area contributed by atoms with E-state index in [9.17, 15) is 5.11 Å². The fourth-order valence-corrected chi connectivity index (χ4v) is 2.85. The van der Waals surface area contributed by atoms with E-state index >= 15 is 0 Å². The maximum Gasteiger partial charge on any atom is 0.137 e. The maximum atomic E-state index is 10.9. The van der Waals surface area contributed by atoms with E-state index in [4.69, 9.17) is 4.74 Å². The lowest BCUT2D eigenvalue weighted by Crippen LogP contribution is -2.39. The summed E-state index contributed by atoms with van der Waals surface area (Å²) < 4.78 is 5.61. The molecule has 20 heavy (non-hydrogen) atoms. The van der Waals surface area contributed by atoms with Crippen molar-refractivity contribution in [3.05, 3.63) is 24.0 Å². The van der Waals surface area contributed by atoms with Crippen LogP contribution in [-0.2, 0) is 5.60 Å². The molecule has 0 aromatic carbocycles. The molecule has 0 bridgehead atoms. The van der Waals surface area contributed by atoms with Crippen molar-refractivity contribution in [3.8, 4) is 5.75 Å². The largest absolute Gasteiger partial charge is 0.492 e. The molecule has 1 heterocycles. The highest BCUT2D eigenvalue weighted by molar-refractivity contribution is 5.28. The van der Waals surface area contributed by atoms with E-state index < -0.39 is 5.60 Å². The number of nitrogens with one attached hydrogen (secondary N) is 1. The summed E-state index contributed by atoms with van der Waals surface area (Å²) in [5, 5.41) is 14.3. The molecular weight excluding hydrogens is 252 g/mol. The summed E-state index contributed by atoms with van der Waals surface area (Å²) in [6.07, 6.45) is 8.03. The first kappa shape index (κ1) is 15.3. The Morgan fingerprint density at radius 3 is 2.75 bits per heavy atom. The average Bonchev–Trinajstić information content (AvgIpc) is 2.48. The third-order valence-corrected chi connectivity index (χ3v) is 4.03. The first-order valence-electron chi connectivity index (χ1n) is 7.72. The average molecular weight is 278 g/mol. The van der Waals surface area contributed by atoms with Crippen molar-refractivity contribution >= 4 is 0 Å². The van der Waals surface area contributed by atoms with Gasteiger partial charge in [0.25, 0.3) is 0 Å². The number of nitrogens with zero attached hydrogens (tertiary/aromatic N) is 1. The first-order valence-corrected chi connectivity index (χ1v) is 7.72. The highest BCUT2D eigenvalue weighted by Crippen LogP contribution is 2.37. The molecular formula is C16H26N2O2. The molecule has 1 aliphatic rings. The second-order valence-electron chi connectivity index (χ2n) is 5.62. The fourth-order valence-electron chi connectivity index (χ4n) is 2.85. The van der Waals surface area contributed by atoms with Gasteiger partial charge in [-0.05, 0) is 44.7 Å². The molecule has 1 aromatic heterocycles. The minimum absolute atomic E-state index is 0.535. The van der Waals surface area contributed by atoms with Gasteiger partial charge in [-0.3, -0.25) is 4.98 Å². The third kappa shape index (κ3) is 3.70. The lowest BCUT2D eigenvalue weighted by molar-refractivity contribution is -0.00864. The van der Waals surface area contributed by atoms with Crippen LogP contribution in [0, 0.1) is 0 Å². The summed E-state index contributed by atoms with van der Waals surface area (Å²) in [4.78, 5) is 4.21. The van der Waals surface area contributed by atoms with Gasteiger partial charge < -0.3 is 15.2 Å². The second kappa shape index (κ2) is 7.04. The zero-order valence-electron chi connectivity index (χ0n) is 12.6. The third-order valence-electron chi connectivity index (χ3n) is 4.03. The van der Waals surface area contributed by atoms with E-state index in [1.54, 1.807) is 12.4 Å². The van der Waals surface area contributed by atoms with E-state index in [0.29, 0.717) is 12.6 Å². The van der Waals surface area contributed by atoms with Crippen LogP contribution in [0.5, 0.6) is 5.75 Å². The number of rotatable bonds is 6. The molecule has 1 aliphatic carbocycles. The van der Waals surface area contributed by atoms with Gasteiger partial charge in [-0.25, -0.2) is 0 Å². The predicted molar refractivity (Wildman–Crippen MR) is 79.9 cm³/mol. The molecule has 4 nitrogen and oxygen atoms in total. The molecule has 1 saturated carbocycles. The van der Waals surface area contributed by atoms with Crippen molar-refractivity contribution in [3.63, 3.8) is 0 Å². The molecule has 0 saturated heterocycles. The molecule has 1 fully saturated rings. The Bertz CT molecular complexity index is 415. The molecule has 4 heteroatoms. The van der Waals surface area contributed by atoms with Gasteiger partial charge in [-0.15, -0.1) is 0 Å². The number of hydrogen-bond donors (Lipinski definition) is 2. The Morgan fingerprint density at radius 1 is 1.35 bits per heavy atom. The Balaban J connectivity index is 2.03. The van der Waals surface area contributed by atoms with Crippen molar-refractivity contribution < 1.29 is 9.84 Å². The molecule has 0 aliphatic heterocycles. The van der Waals surface area contributed by atoms with Crippen LogP contribution in [0.1, 0.15) is 51.5 Å². The van der Waals surface area contributed by atoms with Crippen LogP contribution in [0.4, 0.5) is 0 Å². The van der Waals surface area contributed by atoms with Crippen LogP contribution in [0.3, 0.4) is 0 Å². The molecule has 112 valence electrons. The van der Waals surface area contributed by atoms with Gasteiger partial charge in [0.05, 0.1) is 18.4 Å². The van der Waals surface area contributed by atoms with Gasteiger partial charge >= 0.3 is 0 Å². The Labute approximate surface area is 121 Å². The quantitative estimate of drug-likeness (QED) is 0.840. The summed E-state index contributed by atoms with van der Waals surface area (Å²) in [6.45, 7) is 5.88. The topological polar surface area (TPSA) is 54.4 Å². The number of aliphatic hydroxyl groups is 1. The van der Waals surface area contributed by atoms with Crippen LogP contribution >= 0.6 is 0 Å². The van der Waals surface area contributed by atoms with Gasteiger partial charge in [0, 0.05) is 17.8 Å². The number of hydrogen-bond acceptors (Lipinski definition) is 4. The van der Waals surface area contributed by atoms with E-state index in [1.807, 2.05) is 6.07 Å². The van der Waals surface area contributed by atoms with Crippen LogP contribution in [0.15, 0.2) is 18.5 Å². The highest BCUT2D eigenvalue weighted by atomic mass is 16.5. The molecule has 0 amide bonds. The van der Waals surface area contributed by atoms with E-state index in [1.165, 1.54) is 0 Å². The predicted octanol–water partition coefficient (Wildman–Crippen LogP) is 2.61. The van der Waals surface area contributed by atoms with Crippen molar-refractivity contribution in [1.29, 1.82) is 0 Å². The second-order valence-corrected chi connectivity index (χ2v) is 5.62. The molecule has 2 rings (SSSR count). The van der Waals surface area contributed by atoms with E-state index in [-0.39, 0.29) is 0 Å². The molecule has 2 N–H and O–H groups in total. The summed E-state index contributed by atoms with van der Waals surface area (Å²) in [7, 11) is 0. The minimum atomic E-state index is -0.746. The minimum Gasteiger partial charge on any atom is -0.492 e. The summed E-state index contributed by atoms with van der Waals surface area (Å²) in [5.74, 6) is 0.756. The summed E-state index contributed by atoms with van der Waals surface area (Å²) in [5.41, 5.74) is 0.144.